The number of hydrogen-bond donors (Lipinski definition) is 1. The Kier molecular flexibility index (Phi) is 6.41. The molecule has 2 aromatic carbocycles. The van der Waals surface area contributed by atoms with E-state index in [4.69, 9.17) is 14.5 Å². The van der Waals surface area contributed by atoms with Gasteiger partial charge in [-0.05, 0) is 37.5 Å². The van der Waals surface area contributed by atoms with Gasteiger partial charge in [0.2, 0.25) is 0 Å². The Labute approximate surface area is 207 Å². The fraction of sp³-hybridized carbons (Fsp3) is 0.346. The summed E-state index contributed by atoms with van der Waals surface area (Å²) < 4.78 is 12.3. The van der Waals surface area contributed by atoms with Gasteiger partial charge in [-0.15, -0.1) is 5.10 Å². The van der Waals surface area contributed by atoms with Crippen molar-refractivity contribution >= 4 is 17.1 Å². The van der Waals surface area contributed by atoms with Crippen LogP contribution in [0.4, 0.5) is 0 Å². The maximum Gasteiger partial charge on any atom is 0.281 e. The van der Waals surface area contributed by atoms with E-state index in [1.807, 2.05) is 31.2 Å². The number of methoxy groups -OCH3 is 2. The Bertz CT molecular complexity index is 1460. The average molecular weight is 489 g/mol. The molecular formula is C26H28N6O4. The molecule has 5 rings (SSSR count). The number of ether oxygens (including phenoxy) is 2. The number of piperidine rings is 1. The SMILES string of the molecule is COc1ccc(C(=O)N2CCCC(c3nc4c(nnn4Cc4ccc(C)cc4)c(=O)[nH]3)C2)c(OC)c1. The quantitative estimate of drug-likeness (QED) is 0.444. The number of hydrogen-bond acceptors (Lipinski definition) is 7. The second kappa shape index (κ2) is 9.80. The van der Waals surface area contributed by atoms with Crippen molar-refractivity contribution in [3.63, 3.8) is 0 Å². The number of likely N-dealkylation sites (tertiary alicyclic amines) is 1. The second-order valence-corrected chi connectivity index (χ2v) is 9.01. The van der Waals surface area contributed by atoms with Gasteiger partial charge in [-0.2, -0.15) is 0 Å². The number of amides is 1. The van der Waals surface area contributed by atoms with Gasteiger partial charge in [-0.25, -0.2) is 9.67 Å². The van der Waals surface area contributed by atoms with E-state index in [0.717, 1.165) is 18.4 Å². The molecule has 4 aromatic rings. The van der Waals surface area contributed by atoms with Crippen LogP contribution in [0, 0.1) is 6.92 Å². The van der Waals surface area contributed by atoms with Gasteiger partial charge in [0, 0.05) is 25.1 Å². The maximum atomic E-state index is 13.4. The molecule has 0 aliphatic carbocycles. The van der Waals surface area contributed by atoms with Crippen LogP contribution in [0.15, 0.2) is 47.3 Å². The van der Waals surface area contributed by atoms with Gasteiger partial charge in [0.25, 0.3) is 11.5 Å². The first-order chi connectivity index (χ1) is 17.5. The molecule has 1 fully saturated rings. The first-order valence-electron chi connectivity index (χ1n) is 11.9. The Balaban J connectivity index is 1.41. The number of aromatic nitrogens is 5. The molecule has 3 heterocycles. The number of carbonyl (C=O) groups excluding carboxylic acids is 1. The van der Waals surface area contributed by atoms with Crippen molar-refractivity contribution in [2.24, 2.45) is 0 Å². The molecule has 1 amide bonds. The van der Waals surface area contributed by atoms with Crippen molar-refractivity contribution in [3.05, 3.63) is 75.3 Å². The number of benzene rings is 2. The highest BCUT2D eigenvalue weighted by Gasteiger charge is 2.29. The molecule has 1 atom stereocenters. The lowest BCUT2D eigenvalue weighted by Gasteiger charge is -2.32. The van der Waals surface area contributed by atoms with Crippen LogP contribution in [-0.4, -0.2) is 63.1 Å². The van der Waals surface area contributed by atoms with Crippen molar-refractivity contribution in [2.75, 3.05) is 27.3 Å². The maximum absolute atomic E-state index is 13.4. The predicted molar refractivity (Wildman–Crippen MR) is 134 cm³/mol. The molecule has 36 heavy (non-hydrogen) atoms. The minimum absolute atomic E-state index is 0.119. The van der Waals surface area contributed by atoms with Crippen LogP contribution in [0.3, 0.4) is 0 Å². The van der Waals surface area contributed by atoms with E-state index >= 15 is 0 Å². The van der Waals surface area contributed by atoms with Crippen molar-refractivity contribution in [1.29, 1.82) is 0 Å². The summed E-state index contributed by atoms with van der Waals surface area (Å²) >= 11 is 0. The van der Waals surface area contributed by atoms with E-state index in [-0.39, 0.29) is 22.9 Å². The van der Waals surface area contributed by atoms with Gasteiger partial charge in [-0.3, -0.25) is 9.59 Å². The van der Waals surface area contributed by atoms with E-state index in [0.29, 0.717) is 48.2 Å². The predicted octanol–water partition coefficient (Wildman–Crippen LogP) is 2.91. The van der Waals surface area contributed by atoms with Crippen LogP contribution in [0.5, 0.6) is 11.5 Å². The number of aryl methyl sites for hydroxylation is 1. The van der Waals surface area contributed by atoms with Gasteiger partial charge in [0.05, 0.1) is 26.3 Å². The summed E-state index contributed by atoms with van der Waals surface area (Å²) in [5, 5.41) is 8.22. The molecule has 10 heteroatoms. The molecule has 10 nitrogen and oxygen atoms in total. The molecule has 2 aromatic heterocycles. The molecule has 1 aliphatic rings. The molecule has 1 unspecified atom stereocenters. The van der Waals surface area contributed by atoms with Gasteiger partial charge in [0.1, 0.15) is 17.3 Å². The molecule has 0 radical (unpaired) electrons. The monoisotopic (exact) mass is 488 g/mol. The van der Waals surface area contributed by atoms with Crippen LogP contribution in [0.25, 0.3) is 11.2 Å². The Hall–Kier alpha value is -4.21. The molecule has 0 spiro atoms. The summed E-state index contributed by atoms with van der Waals surface area (Å²) in [6.45, 7) is 3.54. The van der Waals surface area contributed by atoms with Crippen LogP contribution in [0.2, 0.25) is 0 Å². The van der Waals surface area contributed by atoms with Gasteiger partial charge in [-0.1, -0.05) is 35.0 Å². The highest BCUT2D eigenvalue weighted by molar-refractivity contribution is 5.97. The third-order valence-electron chi connectivity index (χ3n) is 6.58. The summed E-state index contributed by atoms with van der Waals surface area (Å²) in [5.41, 5.74) is 3.00. The second-order valence-electron chi connectivity index (χ2n) is 9.01. The van der Waals surface area contributed by atoms with E-state index in [2.05, 4.69) is 15.3 Å². The smallest absolute Gasteiger partial charge is 0.281 e. The Morgan fingerprint density at radius 2 is 1.94 bits per heavy atom. The van der Waals surface area contributed by atoms with Crippen LogP contribution < -0.4 is 15.0 Å². The highest BCUT2D eigenvalue weighted by Crippen LogP contribution is 2.30. The minimum atomic E-state index is -0.328. The van der Waals surface area contributed by atoms with Gasteiger partial charge >= 0.3 is 0 Å². The number of nitrogens with one attached hydrogen (secondary N) is 1. The zero-order chi connectivity index (χ0) is 25.2. The highest BCUT2D eigenvalue weighted by atomic mass is 16.5. The topological polar surface area (TPSA) is 115 Å². The van der Waals surface area contributed by atoms with Crippen LogP contribution in [0.1, 0.15) is 46.1 Å². The first kappa shape index (κ1) is 23.5. The molecular weight excluding hydrogens is 460 g/mol. The molecule has 1 saturated heterocycles. The molecule has 186 valence electrons. The molecule has 0 saturated carbocycles. The number of aromatic amines is 1. The summed E-state index contributed by atoms with van der Waals surface area (Å²) in [7, 11) is 3.10. The van der Waals surface area contributed by atoms with E-state index in [1.165, 1.54) is 12.7 Å². The number of nitrogens with zero attached hydrogens (tertiary/aromatic N) is 5. The van der Waals surface area contributed by atoms with Crippen molar-refractivity contribution in [3.8, 4) is 11.5 Å². The minimum Gasteiger partial charge on any atom is -0.497 e. The van der Waals surface area contributed by atoms with Crippen LogP contribution in [-0.2, 0) is 6.54 Å². The van der Waals surface area contributed by atoms with Gasteiger partial charge in [0.15, 0.2) is 11.2 Å². The van der Waals surface area contributed by atoms with Crippen molar-refractivity contribution in [1.82, 2.24) is 29.9 Å². The van der Waals surface area contributed by atoms with E-state index < -0.39 is 0 Å². The molecule has 0 bridgehead atoms. The third-order valence-corrected chi connectivity index (χ3v) is 6.58. The first-order valence-corrected chi connectivity index (χ1v) is 11.9. The van der Waals surface area contributed by atoms with Crippen molar-refractivity contribution < 1.29 is 14.3 Å². The lowest BCUT2D eigenvalue weighted by atomic mass is 9.96. The van der Waals surface area contributed by atoms with Gasteiger partial charge < -0.3 is 19.4 Å². The Morgan fingerprint density at radius 1 is 1.14 bits per heavy atom. The van der Waals surface area contributed by atoms with E-state index in [1.54, 1.807) is 34.9 Å². The molecule has 1 aliphatic heterocycles. The molecule has 1 N–H and O–H groups in total. The third kappa shape index (κ3) is 4.53. The average Bonchev–Trinajstić information content (AvgIpc) is 3.32. The lowest BCUT2D eigenvalue weighted by molar-refractivity contribution is 0.0701. The van der Waals surface area contributed by atoms with E-state index in [9.17, 15) is 9.59 Å². The fourth-order valence-corrected chi connectivity index (χ4v) is 4.58. The fourth-order valence-electron chi connectivity index (χ4n) is 4.58. The normalized spacial score (nSPS) is 15.8. The number of carbonyl (C=O) groups is 1. The summed E-state index contributed by atoms with van der Waals surface area (Å²) in [5.74, 6) is 1.37. The number of H-pyrrole nitrogens is 1. The standard InChI is InChI=1S/C26H28N6O4/c1-16-6-8-17(9-7-16)14-32-24-22(29-30-32)25(33)28-23(27-24)18-5-4-12-31(15-18)26(34)20-11-10-19(35-2)13-21(20)36-3/h6-11,13,18H,4-5,12,14-15H2,1-3H3,(H,27,28,33). The zero-order valence-corrected chi connectivity index (χ0v) is 20.5. The lowest BCUT2D eigenvalue weighted by Crippen LogP contribution is -2.40. The number of rotatable bonds is 6. The van der Waals surface area contributed by atoms with Crippen molar-refractivity contribution in [2.45, 2.75) is 32.2 Å². The Morgan fingerprint density at radius 3 is 2.69 bits per heavy atom. The number of fused-ring (bicyclic) bond motifs is 1. The zero-order valence-electron chi connectivity index (χ0n) is 20.5. The summed E-state index contributed by atoms with van der Waals surface area (Å²) in [4.78, 5) is 35.6. The van der Waals surface area contributed by atoms with Crippen LogP contribution >= 0.6 is 0 Å². The summed E-state index contributed by atoms with van der Waals surface area (Å²) in [6.07, 6.45) is 1.59. The largest absolute Gasteiger partial charge is 0.497 e. The summed E-state index contributed by atoms with van der Waals surface area (Å²) in [6, 6.07) is 13.3.